The van der Waals surface area contributed by atoms with Crippen molar-refractivity contribution >= 4 is 0 Å². The first kappa shape index (κ1) is 10.3. The molecule has 0 aliphatic carbocycles. The zero-order valence-corrected chi connectivity index (χ0v) is 8.91. The van der Waals surface area contributed by atoms with Gasteiger partial charge in [-0.15, -0.1) is 0 Å². The van der Waals surface area contributed by atoms with Crippen molar-refractivity contribution in [3.05, 3.63) is 17.5 Å². The van der Waals surface area contributed by atoms with Crippen molar-refractivity contribution in [2.45, 2.75) is 33.2 Å². The van der Waals surface area contributed by atoms with Crippen LogP contribution in [0.4, 0.5) is 0 Å². The number of hydrogen-bond acceptors (Lipinski definition) is 2. The van der Waals surface area contributed by atoms with Gasteiger partial charge < -0.3 is 5.73 Å². The highest BCUT2D eigenvalue weighted by Gasteiger charge is 2.09. The van der Waals surface area contributed by atoms with Crippen molar-refractivity contribution in [2.75, 3.05) is 0 Å². The highest BCUT2D eigenvalue weighted by Crippen LogP contribution is 2.13. The van der Waals surface area contributed by atoms with E-state index >= 15 is 0 Å². The Morgan fingerprint density at radius 1 is 1.46 bits per heavy atom. The Morgan fingerprint density at radius 2 is 2.08 bits per heavy atom. The van der Waals surface area contributed by atoms with Crippen LogP contribution in [0.25, 0.3) is 0 Å². The molecule has 0 radical (unpaired) electrons. The van der Waals surface area contributed by atoms with Gasteiger partial charge in [0.05, 0.1) is 11.4 Å². The second-order valence-electron chi connectivity index (χ2n) is 4.07. The predicted octanol–water partition coefficient (Wildman–Crippen LogP) is 1.64. The van der Waals surface area contributed by atoms with Gasteiger partial charge in [-0.05, 0) is 25.3 Å². The molecule has 1 rings (SSSR count). The molecule has 1 aromatic heterocycles. The van der Waals surface area contributed by atoms with Crippen LogP contribution in [0.2, 0.25) is 0 Å². The lowest BCUT2D eigenvalue weighted by Gasteiger charge is -2.03. The summed E-state index contributed by atoms with van der Waals surface area (Å²) < 4.78 is 1.88. The second kappa shape index (κ2) is 3.92. The Kier molecular flexibility index (Phi) is 3.09. The Labute approximate surface area is 79.9 Å². The molecule has 1 heterocycles. The first-order chi connectivity index (χ1) is 6.00. The summed E-state index contributed by atoms with van der Waals surface area (Å²) in [7, 11) is 1.95. The fourth-order valence-electron chi connectivity index (χ4n) is 1.49. The van der Waals surface area contributed by atoms with Gasteiger partial charge in [-0.3, -0.25) is 4.68 Å². The monoisotopic (exact) mass is 181 g/mol. The van der Waals surface area contributed by atoms with Gasteiger partial charge in [-0.1, -0.05) is 13.8 Å². The van der Waals surface area contributed by atoms with Crippen LogP contribution in [-0.4, -0.2) is 9.78 Å². The van der Waals surface area contributed by atoms with Crippen molar-refractivity contribution < 1.29 is 0 Å². The van der Waals surface area contributed by atoms with Gasteiger partial charge in [0.15, 0.2) is 0 Å². The van der Waals surface area contributed by atoms with E-state index in [0.29, 0.717) is 5.92 Å². The first-order valence-corrected chi connectivity index (χ1v) is 4.79. The maximum atomic E-state index is 5.80. The van der Waals surface area contributed by atoms with Crippen molar-refractivity contribution in [2.24, 2.45) is 18.7 Å². The summed E-state index contributed by atoms with van der Waals surface area (Å²) in [6, 6.07) is 2.17. The molecular weight excluding hydrogens is 162 g/mol. The molecule has 13 heavy (non-hydrogen) atoms. The van der Waals surface area contributed by atoms with Crippen LogP contribution in [0.15, 0.2) is 6.07 Å². The SMILES string of the molecule is CC(C)Cc1cc([C@H](C)N)n(C)n1. The van der Waals surface area contributed by atoms with Crippen LogP contribution in [-0.2, 0) is 13.5 Å². The number of hydrogen-bond donors (Lipinski definition) is 1. The maximum Gasteiger partial charge on any atom is 0.0630 e. The van der Waals surface area contributed by atoms with E-state index in [1.54, 1.807) is 0 Å². The molecule has 0 saturated carbocycles. The predicted molar refractivity (Wildman–Crippen MR) is 54.4 cm³/mol. The standard InChI is InChI=1S/C10H19N3/c1-7(2)5-9-6-10(8(3)11)13(4)12-9/h6-8H,5,11H2,1-4H3/t8-/m0/s1. The van der Waals surface area contributed by atoms with Crippen molar-refractivity contribution in [1.82, 2.24) is 9.78 Å². The van der Waals surface area contributed by atoms with Crippen LogP contribution >= 0.6 is 0 Å². The van der Waals surface area contributed by atoms with Crippen LogP contribution in [0.3, 0.4) is 0 Å². The largest absolute Gasteiger partial charge is 0.323 e. The first-order valence-electron chi connectivity index (χ1n) is 4.79. The molecule has 1 aromatic rings. The summed E-state index contributed by atoms with van der Waals surface area (Å²) >= 11 is 0. The number of rotatable bonds is 3. The normalized spacial score (nSPS) is 13.7. The maximum absolute atomic E-state index is 5.80. The minimum absolute atomic E-state index is 0.0680. The molecule has 0 fully saturated rings. The molecule has 3 nitrogen and oxygen atoms in total. The summed E-state index contributed by atoms with van der Waals surface area (Å²) in [6.07, 6.45) is 1.03. The van der Waals surface area contributed by atoms with Crippen molar-refractivity contribution in [3.63, 3.8) is 0 Å². The molecule has 74 valence electrons. The van der Waals surface area contributed by atoms with Gasteiger partial charge in [0, 0.05) is 13.1 Å². The van der Waals surface area contributed by atoms with E-state index in [-0.39, 0.29) is 6.04 Å². The van der Waals surface area contributed by atoms with Crippen molar-refractivity contribution in [3.8, 4) is 0 Å². The minimum Gasteiger partial charge on any atom is -0.323 e. The molecule has 3 heteroatoms. The topological polar surface area (TPSA) is 43.8 Å². The Hall–Kier alpha value is -0.830. The third-order valence-corrected chi connectivity index (χ3v) is 2.05. The van der Waals surface area contributed by atoms with Gasteiger partial charge in [0.1, 0.15) is 0 Å². The van der Waals surface area contributed by atoms with Gasteiger partial charge >= 0.3 is 0 Å². The highest BCUT2D eigenvalue weighted by molar-refractivity contribution is 5.13. The minimum atomic E-state index is 0.0680. The quantitative estimate of drug-likeness (QED) is 0.770. The average molecular weight is 181 g/mol. The summed E-state index contributed by atoms with van der Waals surface area (Å²) in [5.74, 6) is 0.649. The molecule has 0 aromatic carbocycles. The van der Waals surface area contributed by atoms with E-state index in [4.69, 9.17) is 5.73 Å². The summed E-state index contributed by atoms with van der Waals surface area (Å²) in [5.41, 5.74) is 8.05. The lowest BCUT2D eigenvalue weighted by atomic mass is 10.1. The molecule has 0 aliphatic rings. The van der Waals surface area contributed by atoms with Crippen LogP contribution in [0.1, 0.15) is 38.2 Å². The molecule has 1 atom stereocenters. The Bertz CT molecular complexity index is 274. The zero-order valence-electron chi connectivity index (χ0n) is 8.91. The van der Waals surface area contributed by atoms with Crippen LogP contribution < -0.4 is 5.73 Å². The van der Waals surface area contributed by atoms with Gasteiger partial charge in [0.2, 0.25) is 0 Å². The third-order valence-electron chi connectivity index (χ3n) is 2.05. The van der Waals surface area contributed by atoms with Crippen LogP contribution in [0, 0.1) is 5.92 Å². The smallest absolute Gasteiger partial charge is 0.0630 e. The van der Waals surface area contributed by atoms with Gasteiger partial charge in [-0.25, -0.2) is 0 Å². The third kappa shape index (κ3) is 2.56. The molecule has 2 N–H and O–H groups in total. The molecule has 0 saturated heterocycles. The lowest BCUT2D eigenvalue weighted by molar-refractivity contribution is 0.609. The van der Waals surface area contributed by atoms with Gasteiger partial charge in [-0.2, -0.15) is 5.10 Å². The molecule has 0 bridgehead atoms. The fourth-order valence-corrected chi connectivity index (χ4v) is 1.49. The second-order valence-corrected chi connectivity index (χ2v) is 4.07. The molecule has 0 aliphatic heterocycles. The van der Waals surface area contributed by atoms with Crippen LogP contribution in [0.5, 0.6) is 0 Å². The molecular formula is C10H19N3. The number of nitrogens with two attached hydrogens (primary N) is 1. The Balaban J connectivity index is 2.82. The van der Waals surface area contributed by atoms with Gasteiger partial charge in [0.25, 0.3) is 0 Å². The number of nitrogens with zero attached hydrogens (tertiary/aromatic N) is 2. The zero-order chi connectivity index (χ0) is 10.0. The average Bonchev–Trinajstić information content (AvgIpc) is 2.29. The van der Waals surface area contributed by atoms with E-state index in [9.17, 15) is 0 Å². The summed E-state index contributed by atoms with van der Waals surface area (Å²) in [6.45, 7) is 6.37. The lowest BCUT2D eigenvalue weighted by Crippen LogP contribution is -2.10. The molecule has 0 unspecified atom stereocenters. The summed E-state index contributed by atoms with van der Waals surface area (Å²) in [5, 5.41) is 4.41. The van der Waals surface area contributed by atoms with E-state index in [1.165, 1.54) is 0 Å². The van der Waals surface area contributed by atoms with E-state index in [1.807, 2.05) is 18.7 Å². The fraction of sp³-hybridized carbons (Fsp3) is 0.700. The van der Waals surface area contributed by atoms with Crippen molar-refractivity contribution in [1.29, 1.82) is 0 Å². The van der Waals surface area contributed by atoms with E-state index < -0.39 is 0 Å². The highest BCUT2D eigenvalue weighted by atomic mass is 15.3. The van der Waals surface area contributed by atoms with E-state index in [2.05, 4.69) is 25.0 Å². The Morgan fingerprint density at radius 3 is 2.46 bits per heavy atom. The van der Waals surface area contributed by atoms with E-state index in [0.717, 1.165) is 17.8 Å². The number of aromatic nitrogens is 2. The number of aryl methyl sites for hydroxylation is 1. The molecule has 0 amide bonds. The molecule has 0 spiro atoms. The summed E-state index contributed by atoms with van der Waals surface area (Å²) in [4.78, 5) is 0.